The molecular formula is C16H12N4O2S. The summed E-state index contributed by atoms with van der Waals surface area (Å²) in [5, 5.41) is 21.6. The third-order valence-corrected chi connectivity index (χ3v) is 3.94. The number of amides is 1. The van der Waals surface area contributed by atoms with Gasteiger partial charge in [-0.3, -0.25) is 4.79 Å². The summed E-state index contributed by atoms with van der Waals surface area (Å²) in [6.07, 6.45) is 0.546. The molecule has 1 amide bonds. The maximum atomic E-state index is 12.0. The summed E-state index contributed by atoms with van der Waals surface area (Å²) in [4.78, 5) is 12.9. The first-order valence-corrected chi connectivity index (χ1v) is 7.79. The number of nitriles is 1. The Hall–Kier alpha value is -2.98. The molecule has 0 aliphatic carbocycles. The molecule has 0 saturated heterocycles. The Balaban J connectivity index is 1.58. The second-order valence-corrected chi connectivity index (χ2v) is 5.63. The lowest BCUT2D eigenvalue weighted by molar-refractivity contribution is -0.116. The van der Waals surface area contributed by atoms with Gasteiger partial charge >= 0.3 is 0 Å². The van der Waals surface area contributed by atoms with Crippen LogP contribution in [0.4, 0.5) is 5.69 Å². The van der Waals surface area contributed by atoms with Crippen molar-refractivity contribution in [1.82, 2.24) is 10.2 Å². The largest absolute Gasteiger partial charge is 0.420 e. The SMILES string of the molecule is N#Cc1ccccc1NC(=O)CCc1nnc(-c2cccs2)o1. The number of carbonyl (C=O) groups is 1. The van der Waals surface area contributed by atoms with Gasteiger partial charge in [-0.2, -0.15) is 5.26 Å². The molecule has 1 aromatic carbocycles. The van der Waals surface area contributed by atoms with Crippen LogP contribution in [-0.4, -0.2) is 16.1 Å². The van der Waals surface area contributed by atoms with E-state index in [2.05, 4.69) is 15.5 Å². The molecule has 1 N–H and O–H groups in total. The van der Waals surface area contributed by atoms with Gasteiger partial charge in [0, 0.05) is 12.8 Å². The van der Waals surface area contributed by atoms with E-state index in [0.29, 0.717) is 29.5 Å². The van der Waals surface area contributed by atoms with Gasteiger partial charge in [-0.1, -0.05) is 18.2 Å². The van der Waals surface area contributed by atoms with Crippen LogP contribution in [0.25, 0.3) is 10.8 Å². The van der Waals surface area contributed by atoms with Gasteiger partial charge in [0.05, 0.1) is 16.1 Å². The van der Waals surface area contributed by atoms with Crippen molar-refractivity contribution in [1.29, 1.82) is 5.26 Å². The van der Waals surface area contributed by atoms with Crippen LogP contribution in [0.1, 0.15) is 17.9 Å². The van der Waals surface area contributed by atoms with Gasteiger partial charge < -0.3 is 9.73 Å². The molecule has 0 aliphatic rings. The van der Waals surface area contributed by atoms with E-state index >= 15 is 0 Å². The Bertz CT molecular complexity index is 849. The molecule has 0 radical (unpaired) electrons. The number of hydrogen-bond acceptors (Lipinski definition) is 6. The number of nitrogens with zero attached hydrogens (tertiary/aromatic N) is 3. The standard InChI is InChI=1S/C16H12N4O2S/c17-10-11-4-1-2-5-12(11)18-14(21)7-8-15-19-20-16(22-15)13-6-3-9-23-13/h1-6,9H,7-8H2,(H,18,21). The lowest BCUT2D eigenvalue weighted by atomic mass is 10.2. The monoisotopic (exact) mass is 324 g/mol. The van der Waals surface area contributed by atoms with Crippen molar-refractivity contribution in [3.63, 3.8) is 0 Å². The number of hydrogen-bond donors (Lipinski definition) is 1. The number of anilines is 1. The predicted molar refractivity (Wildman–Crippen MR) is 85.7 cm³/mol. The quantitative estimate of drug-likeness (QED) is 0.778. The van der Waals surface area contributed by atoms with Gasteiger partial charge in [-0.25, -0.2) is 0 Å². The van der Waals surface area contributed by atoms with E-state index in [1.54, 1.807) is 24.3 Å². The average Bonchev–Trinajstić information content (AvgIpc) is 3.24. The van der Waals surface area contributed by atoms with Gasteiger partial charge in [0.15, 0.2) is 0 Å². The van der Waals surface area contributed by atoms with E-state index < -0.39 is 0 Å². The van der Waals surface area contributed by atoms with Gasteiger partial charge in [-0.15, -0.1) is 21.5 Å². The van der Waals surface area contributed by atoms with Crippen LogP contribution in [0.3, 0.4) is 0 Å². The summed E-state index contributed by atoms with van der Waals surface area (Å²) < 4.78 is 5.53. The molecule has 114 valence electrons. The van der Waals surface area contributed by atoms with Crippen LogP contribution in [0, 0.1) is 11.3 Å². The highest BCUT2D eigenvalue weighted by molar-refractivity contribution is 7.13. The van der Waals surface area contributed by atoms with Gasteiger partial charge in [0.25, 0.3) is 5.89 Å². The van der Waals surface area contributed by atoms with Crippen molar-refractivity contribution < 1.29 is 9.21 Å². The lowest BCUT2D eigenvalue weighted by Crippen LogP contribution is -2.13. The third kappa shape index (κ3) is 3.62. The second kappa shape index (κ2) is 6.85. The molecule has 23 heavy (non-hydrogen) atoms. The Morgan fingerprint density at radius 1 is 1.26 bits per heavy atom. The number of benzene rings is 1. The fourth-order valence-electron chi connectivity index (χ4n) is 1.98. The molecule has 0 atom stereocenters. The summed E-state index contributed by atoms with van der Waals surface area (Å²) in [7, 11) is 0. The zero-order chi connectivity index (χ0) is 16.1. The van der Waals surface area contributed by atoms with Crippen LogP contribution < -0.4 is 5.32 Å². The minimum Gasteiger partial charge on any atom is -0.420 e. The average molecular weight is 324 g/mol. The third-order valence-electron chi connectivity index (χ3n) is 3.09. The molecule has 7 heteroatoms. The topological polar surface area (TPSA) is 91.8 Å². The van der Waals surface area contributed by atoms with Crippen molar-refractivity contribution in [3.8, 4) is 16.8 Å². The first-order valence-electron chi connectivity index (χ1n) is 6.91. The van der Waals surface area contributed by atoms with E-state index in [4.69, 9.17) is 9.68 Å². The minimum absolute atomic E-state index is 0.200. The van der Waals surface area contributed by atoms with Crippen molar-refractivity contribution in [2.75, 3.05) is 5.32 Å². The van der Waals surface area contributed by atoms with Crippen LogP contribution >= 0.6 is 11.3 Å². The summed E-state index contributed by atoms with van der Waals surface area (Å²) in [6, 6.07) is 12.7. The molecular weight excluding hydrogens is 312 g/mol. The molecule has 0 aliphatic heterocycles. The fraction of sp³-hybridized carbons (Fsp3) is 0.125. The van der Waals surface area contributed by atoms with Crippen LogP contribution in [0.5, 0.6) is 0 Å². The van der Waals surface area contributed by atoms with E-state index in [0.717, 1.165) is 4.88 Å². The lowest BCUT2D eigenvalue weighted by Gasteiger charge is -2.05. The molecule has 0 bridgehead atoms. The zero-order valence-corrected chi connectivity index (χ0v) is 12.8. The summed E-state index contributed by atoms with van der Waals surface area (Å²) >= 11 is 1.51. The zero-order valence-electron chi connectivity index (χ0n) is 12.0. The highest BCUT2D eigenvalue weighted by atomic mass is 32.1. The molecule has 3 aromatic rings. The Kier molecular flexibility index (Phi) is 4.45. The molecule has 0 saturated carbocycles. The molecule has 0 spiro atoms. The van der Waals surface area contributed by atoms with E-state index in [9.17, 15) is 4.79 Å². The predicted octanol–water partition coefficient (Wildman–Crippen LogP) is 3.24. The van der Waals surface area contributed by atoms with E-state index in [1.807, 2.05) is 23.6 Å². The first kappa shape index (κ1) is 14.9. The number of aryl methyl sites for hydroxylation is 1. The van der Waals surface area contributed by atoms with Crippen molar-refractivity contribution in [3.05, 3.63) is 53.2 Å². The highest BCUT2D eigenvalue weighted by Crippen LogP contribution is 2.23. The Morgan fingerprint density at radius 2 is 2.13 bits per heavy atom. The van der Waals surface area contributed by atoms with E-state index in [1.165, 1.54) is 11.3 Å². The number of para-hydroxylation sites is 1. The first-order chi connectivity index (χ1) is 11.3. The van der Waals surface area contributed by atoms with Gasteiger partial charge in [0.1, 0.15) is 6.07 Å². The molecule has 2 heterocycles. The van der Waals surface area contributed by atoms with Crippen molar-refractivity contribution in [2.45, 2.75) is 12.8 Å². The van der Waals surface area contributed by atoms with Gasteiger partial charge in [-0.05, 0) is 23.6 Å². The highest BCUT2D eigenvalue weighted by Gasteiger charge is 2.12. The molecule has 0 fully saturated rings. The smallest absolute Gasteiger partial charge is 0.257 e. The van der Waals surface area contributed by atoms with Crippen molar-refractivity contribution in [2.24, 2.45) is 0 Å². The van der Waals surface area contributed by atoms with Crippen LogP contribution in [0.2, 0.25) is 0 Å². The van der Waals surface area contributed by atoms with Crippen LogP contribution in [0.15, 0.2) is 46.2 Å². The normalized spacial score (nSPS) is 10.2. The molecule has 2 aromatic heterocycles. The second-order valence-electron chi connectivity index (χ2n) is 4.68. The van der Waals surface area contributed by atoms with E-state index in [-0.39, 0.29) is 12.3 Å². The number of nitrogens with one attached hydrogen (secondary N) is 1. The summed E-state index contributed by atoms with van der Waals surface area (Å²) in [5.41, 5.74) is 0.934. The van der Waals surface area contributed by atoms with Crippen LogP contribution in [-0.2, 0) is 11.2 Å². The summed E-state index contributed by atoms with van der Waals surface area (Å²) in [6.45, 7) is 0. The maximum absolute atomic E-state index is 12.0. The number of carbonyl (C=O) groups excluding carboxylic acids is 1. The summed E-state index contributed by atoms with van der Waals surface area (Å²) in [5.74, 6) is 0.672. The number of aromatic nitrogens is 2. The number of rotatable bonds is 5. The number of thiophene rings is 1. The maximum Gasteiger partial charge on any atom is 0.257 e. The Morgan fingerprint density at radius 3 is 2.91 bits per heavy atom. The molecule has 3 rings (SSSR count). The fourth-order valence-corrected chi connectivity index (χ4v) is 2.62. The van der Waals surface area contributed by atoms with Crippen molar-refractivity contribution >= 4 is 22.9 Å². The molecule has 6 nitrogen and oxygen atoms in total. The minimum atomic E-state index is -0.205. The molecule has 0 unspecified atom stereocenters. The van der Waals surface area contributed by atoms with Gasteiger partial charge in [0.2, 0.25) is 11.8 Å². The Labute approximate surface area is 136 Å².